The number of aldehydes is 1. The van der Waals surface area contributed by atoms with Crippen LogP contribution in [0.2, 0.25) is 0 Å². The molecule has 2 aromatic carbocycles. The number of carbonyl (C=O) groups is 2. The molecule has 0 atom stereocenters. The van der Waals surface area contributed by atoms with Gasteiger partial charge in [0.1, 0.15) is 11.9 Å². The number of halogens is 2. The monoisotopic (exact) mass is 318 g/mol. The summed E-state index contributed by atoms with van der Waals surface area (Å²) >= 11 is 0. The minimum absolute atomic E-state index is 0.00672. The molecule has 0 bridgehead atoms. The van der Waals surface area contributed by atoms with Gasteiger partial charge in [0.15, 0.2) is 11.6 Å². The van der Waals surface area contributed by atoms with Crippen molar-refractivity contribution in [2.24, 2.45) is 0 Å². The molecule has 0 saturated heterocycles. The molecule has 0 aliphatic carbocycles. The van der Waals surface area contributed by atoms with Crippen LogP contribution >= 0.6 is 0 Å². The molecule has 23 heavy (non-hydrogen) atoms. The van der Waals surface area contributed by atoms with Crippen LogP contribution in [0, 0.1) is 11.6 Å². The van der Waals surface area contributed by atoms with Crippen molar-refractivity contribution in [3.05, 3.63) is 59.2 Å². The molecule has 3 nitrogen and oxygen atoms in total. The van der Waals surface area contributed by atoms with Crippen molar-refractivity contribution in [3.8, 4) is 11.1 Å². The molecule has 0 amide bonds. The molecule has 0 saturated carbocycles. The van der Waals surface area contributed by atoms with Crippen molar-refractivity contribution >= 4 is 12.3 Å². The van der Waals surface area contributed by atoms with E-state index >= 15 is 0 Å². The van der Waals surface area contributed by atoms with E-state index in [0.717, 1.165) is 0 Å². The molecule has 0 N–H and O–H groups in total. The molecule has 0 aliphatic heterocycles. The van der Waals surface area contributed by atoms with Gasteiger partial charge in [-0.2, -0.15) is 0 Å². The molecule has 0 spiro atoms. The Morgan fingerprint density at radius 3 is 2.13 bits per heavy atom. The molecule has 2 aromatic rings. The van der Waals surface area contributed by atoms with Crippen LogP contribution in [-0.2, 0) is 4.74 Å². The molecule has 0 aromatic heterocycles. The number of esters is 1. The van der Waals surface area contributed by atoms with Gasteiger partial charge in [0.25, 0.3) is 0 Å². The van der Waals surface area contributed by atoms with Gasteiger partial charge in [0.2, 0.25) is 0 Å². The maximum absolute atomic E-state index is 14.3. The van der Waals surface area contributed by atoms with E-state index in [-0.39, 0.29) is 5.56 Å². The summed E-state index contributed by atoms with van der Waals surface area (Å²) in [7, 11) is 0. The van der Waals surface area contributed by atoms with Gasteiger partial charge in [-0.1, -0.05) is 30.3 Å². The molecule has 0 fully saturated rings. The zero-order chi connectivity index (χ0) is 17.2. The molecular weight excluding hydrogens is 302 g/mol. The maximum Gasteiger partial charge on any atom is 0.341 e. The Morgan fingerprint density at radius 2 is 1.61 bits per heavy atom. The molecule has 0 heterocycles. The molecule has 120 valence electrons. The van der Waals surface area contributed by atoms with Crippen LogP contribution in [-0.4, -0.2) is 17.9 Å². The highest BCUT2D eigenvalue weighted by atomic mass is 19.2. The zero-order valence-electron chi connectivity index (χ0n) is 13.0. The molecule has 5 heteroatoms. The summed E-state index contributed by atoms with van der Waals surface area (Å²) in [5.41, 5.74) is -0.413. The lowest BCUT2D eigenvalue weighted by atomic mass is 10.0. The number of hydrogen-bond donors (Lipinski definition) is 0. The van der Waals surface area contributed by atoms with Crippen LogP contribution in [0.5, 0.6) is 0 Å². The first-order valence-electron chi connectivity index (χ1n) is 7.00. The van der Waals surface area contributed by atoms with Crippen LogP contribution in [0.25, 0.3) is 11.1 Å². The second-order valence-corrected chi connectivity index (χ2v) is 6.03. The number of benzene rings is 2. The van der Waals surface area contributed by atoms with E-state index in [9.17, 15) is 18.4 Å². The van der Waals surface area contributed by atoms with Crippen molar-refractivity contribution < 1.29 is 23.1 Å². The third kappa shape index (κ3) is 3.80. The zero-order valence-corrected chi connectivity index (χ0v) is 13.0. The van der Waals surface area contributed by atoms with Crippen molar-refractivity contribution in [1.29, 1.82) is 0 Å². The van der Waals surface area contributed by atoms with E-state index in [1.165, 1.54) is 36.4 Å². The smallest absolute Gasteiger partial charge is 0.341 e. The quantitative estimate of drug-likeness (QED) is 0.622. The van der Waals surface area contributed by atoms with Crippen LogP contribution in [0.3, 0.4) is 0 Å². The minimum atomic E-state index is -1.25. The van der Waals surface area contributed by atoms with Gasteiger partial charge in [-0.15, -0.1) is 0 Å². The first-order chi connectivity index (χ1) is 10.7. The lowest BCUT2D eigenvalue weighted by molar-refractivity contribution is 0.00636. The summed E-state index contributed by atoms with van der Waals surface area (Å²) < 4.78 is 33.5. The molecular formula is C18H16F2O3. The highest BCUT2D eigenvalue weighted by molar-refractivity contribution is 5.91. The fourth-order valence-corrected chi connectivity index (χ4v) is 2.00. The Balaban J connectivity index is 2.40. The summed E-state index contributed by atoms with van der Waals surface area (Å²) in [5.74, 6) is -3.31. The van der Waals surface area contributed by atoms with Crippen molar-refractivity contribution in [3.63, 3.8) is 0 Å². The first kappa shape index (κ1) is 16.8. The average molecular weight is 318 g/mol. The fraction of sp³-hybridized carbons (Fsp3) is 0.222. The van der Waals surface area contributed by atoms with Crippen molar-refractivity contribution in [2.45, 2.75) is 26.4 Å². The first-order valence-corrected chi connectivity index (χ1v) is 7.00. The lowest BCUT2D eigenvalue weighted by Gasteiger charge is -2.20. The Morgan fingerprint density at radius 1 is 1.00 bits per heavy atom. The average Bonchev–Trinajstić information content (AvgIpc) is 2.48. The van der Waals surface area contributed by atoms with Crippen LogP contribution in [0.15, 0.2) is 36.4 Å². The highest BCUT2D eigenvalue weighted by Gasteiger charge is 2.24. The minimum Gasteiger partial charge on any atom is -0.456 e. The fourth-order valence-electron chi connectivity index (χ4n) is 2.00. The number of carbonyl (C=O) groups excluding carboxylic acids is 2. The molecule has 0 unspecified atom stereocenters. The van der Waals surface area contributed by atoms with E-state index in [0.29, 0.717) is 17.4 Å². The SMILES string of the molecule is CC(C)(C)OC(=O)c1ccc(-c2ccc(C=O)cc2)c(F)c1F. The number of rotatable bonds is 3. The summed E-state index contributed by atoms with van der Waals surface area (Å²) in [4.78, 5) is 22.5. The largest absolute Gasteiger partial charge is 0.456 e. The summed E-state index contributed by atoms with van der Waals surface area (Å²) in [5, 5.41) is 0. The molecule has 0 aliphatic rings. The van der Waals surface area contributed by atoms with Gasteiger partial charge in [0, 0.05) is 11.1 Å². The van der Waals surface area contributed by atoms with Crippen LogP contribution in [0.4, 0.5) is 8.78 Å². The van der Waals surface area contributed by atoms with Gasteiger partial charge < -0.3 is 4.74 Å². The highest BCUT2D eigenvalue weighted by Crippen LogP contribution is 2.27. The van der Waals surface area contributed by atoms with E-state index < -0.39 is 28.8 Å². The summed E-state index contributed by atoms with van der Waals surface area (Å²) in [6, 6.07) is 8.52. The second-order valence-electron chi connectivity index (χ2n) is 6.03. The maximum atomic E-state index is 14.3. The van der Waals surface area contributed by atoms with Crippen molar-refractivity contribution in [2.75, 3.05) is 0 Å². The Hall–Kier alpha value is -2.56. The standard InChI is InChI=1S/C18H16F2O3/c1-18(2,3)23-17(22)14-9-8-13(15(19)16(14)20)12-6-4-11(10-21)5-7-12/h4-10H,1-3H3. The normalized spacial score (nSPS) is 11.2. The third-order valence-corrected chi connectivity index (χ3v) is 3.06. The van der Waals surface area contributed by atoms with Gasteiger partial charge in [-0.3, -0.25) is 4.79 Å². The Kier molecular flexibility index (Phi) is 4.59. The second kappa shape index (κ2) is 6.28. The van der Waals surface area contributed by atoms with Crippen LogP contribution in [0.1, 0.15) is 41.5 Å². The van der Waals surface area contributed by atoms with Crippen molar-refractivity contribution in [1.82, 2.24) is 0 Å². The van der Waals surface area contributed by atoms with E-state index in [1.54, 1.807) is 20.8 Å². The predicted octanol–water partition coefficient (Wildman–Crippen LogP) is 4.40. The van der Waals surface area contributed by atoms with Crippen LogP contribution < -0.4 is 0 Å². The Labute approximate surface area is 132 Å². The van der Waals surface area contributed by atoms with E-state index in [4.69, 9.17) is 4.74 Å². The lowest BCUT2D eigenvalue weighted by Crippen LogP contribution is -2.24. The summed E-state index contributed by atoms with van der Waals surface area (Å²) in [6.45, 7) is 4.92. The number of hydrogen-bond acceptors (Lipinski definition) is 3. The number of ether oxygens (including phenoxy) is 1. The molecule has 2 rings (SSSR count). The van der Waals surface area contributed by atoms with Gasteiger partial charge in [0.05, 0.1) is 5.56 Å². The topological polar surface area (TPSA) is 43.4 Å². The van der Waals surface area contributed by atoms with Gasteiger partial charge in [-0.25, -0.2) is 13.6 Å². The Bertz CT molecular complexity index is 744. The predicted molar refractivity (Wildman–Crippen MR) is 82.4 cm³/mol. The van der Waals surface area contributed by atoms with E-state index in [2.05, 4.69) is 0 Å². The summed E-state index contributed by atoms with van der Waals surface area (Å²) in [6.07, 6.45) is 0.659. The van der Waals surface area contributed by atoms with Gasteiger partial charge >= 0.3 is 5.97 Å². The van der Waals surface area contributed by atoms with E-state index in [1.807, 2.05) is 0 Å². The van der Waals surface area contributed by atoms with Gasteiger partial charge in [-0.05, 0) is 32.4 Å². The third-order valence-electron chi connectivity index (χ3n) is 3.06. The molecule has 0 radical (unpaired) electrons.